The van der Waals surface area contributed by atoms with Crippen molar-refractivity contribution in [3.8, 4) is 5.75 Å². The van der Waals surface area contributed by atoms with Crippen LogP contribution in [0.5, 0.6) is 5.75 Å². The van der Waals surface area contributed by atoms with Crippen molar-refractivity contribution in [3.63, 3.8) is 0 Å². The summed E-state index contributed by atoms with van der Waals surface area (Å²) >= 11 is 0. The molecule has 0 aromatic heterocycles. The topological polar surface area (TPSA) is 21.3 Å². The lowest BCUT2D eigenvalue weighted by atomic mass is 10.2. The van der Waals surface area contributed by atoms with Crippen molar-refractivity contribution >= 4 is 36.6 Å². The predicted octanol–water partition coefficient (Wildman–Crippen LogP) is 6.46. The molecular formula is C33H32NOP2+. The Morgan fingerprint density at radius 2 is 1.00 bits per heavy atom. The Morgan fingerprint density at radius 3 is 1.43 bits per heavy atom. The van der Waals surface area contributed by atoms with E-state index in [1.165, 1.54) is 26.8 Å². The van der Waals surface area contributed by atoms with Crippen LogP contribution in [0.4, 0.5) is 0 Å². The smallest absolute Gasteiger partial charge is 0.150 e. The number of ether oxygens (including phenoxy) is 1. The molecule has 0 fully saturated rings. The van der Waals surface area contributed by atoms with E-state index in [9.17, 15) is 0 Å². The third kappa shape index (κ3) is 6.00. The van der Waals surface area contributed by atoms with E-state index in [4.69, 9.17) is 4.74 Å². The van der Waals surface area contributed by atoms with Gasteiger partial charge < -0.3 is 4.74 Å². The third-order valence-corrected chi connectivity index (χ3v) is 14.3. The summed E-state index contributed by atoms with van der Waals surface area (Å²) in [5, 5.41) is 9.76. The first-order chi connectivity index (χ1) is 18.3. The summed E-state index contributed by atoms with van der Waals surface area (Å²) in [6.07, 6.45) is 0. The van der Waals surface area contributed by atoms with E-state index < -0.39 is 15.3 Å². The number of hydrogen-bond acceptors (Lipinski definition) is 2. The predicted molar refractivity (Wildman–Crippen MR) is 163 cm³/mol. The van der Waals surface area contributed by atoms with Gasteiger partial charge in [0.1, 0.15) is 22.3 Å². The molecule has 0 aliphatic rings. The molecule has 0 bridgehead atoms. The molecule has 4 heteroatoms. The fourth-order valence-electron chi connectivity index (χ4n) is 4.62. The molecule has 0 aliphatic heterocycles. The molecule has 0 saturated carbocycles. The van der Waals surface area contributed by atoms with Gasteiger partial charge in [-0.05, 0) is 60.5 Å². The summed E-state index contributed by atoms with van der Waals surface area (Å²) in [5.74, 6) is 1.92. The Kier molecular flexibility index (Phi) is 8.44. The maximum absolute atomic E-state index is 5.39. The fourth-order valence-corrected chi connectivity index (χ4v) is 13.2. The average molecular weight is 521 g/mol. The van der Waals surface area contributed by atoms with E-state index in [0.29, 0.717) is 0 Å². The number of benzene rings is 5. The highest BCUT2D eigenvalue weighted by atomic mass is 31.2. The zero-order valence-electron chi connectivity index (χ0n) is 21.1. The van der Waals surface area contributed by atoms with Crippen LogP contribution in [0.25, 0.3) is 0 Å². The number of rotatable bonds is 10. The number of nitrogens with one attached hydrogen (secondary N) is 1. The highest BCUT2D eigenvalue weighted by Crippen LogP contribution is 2.61. The summed E-state index contributed by atoms with van der Waals surface area (Å²) in [4.78, 5) is 0. The van der Waals surface area contributed by atoms with Crippen molar-refractivity contribution in [1.29, 1.82) is 0 Å². The van der Waals surface area contributed by atoms with Crippen molar-refractivity contribution in [2.75, 3.05) is 13.0 Å². The fraction of sp³-hybridized carbons (Fsp3) is 0.0909. The summed E-state index contributed by atoms with van der Waals surface area (Å²) < 4.78 is 5.39. The largest absolute Gasteiger partial charge is 0.497 e. The second-order valence-corrected chi connectivity index (χ2v) is 14.9. The summed E-state index contributed by atoms with van der Waals surface area (Å²) in [7, 11) is -0.920. The van der Waals surface area contributed by atoms with E-state index >= 15 is 0 Å². The molecule has 184 valence electrons. The summed E-state index contributed by atoms with van der Waals surface area (Å²) in [5.41, 5.74) is 1.25. The van der Waals surface area contributed by atoms with Gasteiger partial charge in [-0.2, -0.15) is 5.09 Å². The minimum Gasteiger partial charge on any atom is -0.497 e. The van der Waals surface area contributed by atoms with Gasteiger partial charge in [0.2, 0.25) is 0 Å². The maximum atomic E-state index is 5.39. The zero-order valence-corrected chi connectivity index (χ0v) is 22.9. The highest BCUT2D eigenvalue weighted by molar-refractivity contribution is 7.97. The minimum absolute atomic E-state index is 0.607. The average Bonchev–Trinajstić information content (AvgIpc) is 2.99. The van der Waals surface area contributed by atoms with Crippen LogP contribution in [0.3, 0.4) is 0 Å². The van der Waals surface area contributed by atoms with E-state index in [-0.39, 0.29) is 0 Å². The molecule has 0 saturated heterocycles. The summed E-state index contributed by atoms with van der Waals surface area (Å²) in [6, 6.07) is 52.7. The van der Waals surface area contributed by atoms with E-state index in [2.05, 4.69) is 139 Å². The number of methoxy groups -OCH3 is 1. The van der Waals surface area contributed by atoms with Gasteiger partial charge in [-0.1, -0.05) is 109 Å². The highest BCUT2D eigenvalue weighted by Gasteiger charge is 2.45. The molecule has 0 spiro atoms. The normalized spacial score (nSPS) is 11.4. The van der Waals surface area contributed by atoms with Crippen LogP contribution in [0.15, 0.2) is 146 Å². The Hall–Kier alpha value is -3.28. The molecule has 37 heavy (non-hydrogen) atoms. The van der Waals surface area contributed by atoms with Crippen LogP contribution in [0.2, 0.25) is 0 Å². The van der Waals surface area contributed by atoms with Crippen molar-refractivity contribution in [2.24, 2.45) is 0 Å². The molecule has 1 N–H and O–H groups in total. The first-order valence-electron chi connectivity index (χ1n) is 12.5. The van der Waals surface area contributed by atoms with Crippen LogP contribution < -0.4 is 31.0 Å². The van der Waals surface area contributed by atoms with Gasteiger partial charge in [0.25, 0.3) is 0 Å². The molecule has 0 radical (unpaired) electrons. The van der Waals surface area contributed by atoms with Gasteiger partial charge in [-0.25, -0.2) is 0 Å². The molecular weight excluding hydrogens is 488 g/mol. The van der Waals surface area contributed by atoms with Gasteiger partial charge in [0, 0.05) is 0 Å². The minimum atomic E-state index is -2.02. The van der Waals surface area contributed by atoms with Crippen LogP contribution >= 0.6 is 15.3 Å². The standard InChI is InChI=1S/C33H32NOP2/c1-35-29-24-22-28(23-25-29)26-34-37(32-18-10-4-11-19-32,33-20-12-5-13-21-33)27-36(30-14-6-2-7-15-30)31-16-8-3-9-17-31/h2-25,34H,26-27H2,1H3/q+1. The Morgan fingerprint density at radius 1 is 0.568 bits per heavy atom. The lowest BCUT2D eigenvalue weighted by Gasteiger charge is -2.32. The van der Waals surface area contributed by atoms with Crippen LogP contribution in [-0.4, -0.2) is 13.0 Å². The SMILES string of the molecule is COc1ccc(CN[P+](CP(c2ccccc2)c2ccccc2)(c2ccccc2)c2ccccc2)cc1. The van der Waals surface area contributed by atoms with Crippen molar-refractivity contribution < 1.29 is 4.74 Å². The van der Waals surface area contributed by atoms with Crippen LogP contribution in [0.1, 0.15) is 5.56 Å². The van der Waals surface area contributed by atoms with Gasteiger partial charge in [-0.3, -0.25) is 0 Å². The summed E-state index contributed by atoms with van der Waals surface area (Å²) in [6.45, 7) is 0.786. The second-order valence-electron chi connectivity index (χ2n) is 8.90. The van der Waals surface area contributed by atoms with Gasteiger partial charge in [0.15, 0.2) is 7.41 Å². The van der Waals surface area contributed by atoms with Crippen molar-refractivity contribution in [3.05, 3.63) is 151 Å². The van der Waals surface area contributed by atoms with Crippen LogP contribution in [-0.2, 0) is 6.54 Å². The lowest BCUT2D eigenvalue weighted by Crippen LogP contribution is -2.36. The number of hydrogen-bond donors (Lipinski definition) is 1. The first-order valence-corrected chi connectivity index (χ1v) is 16.0. The Balaban J connectivity index is 1.64. The Bertz CT molecular complexity index is 1280. The van der Waals surface area contributed by atoms with Crippen LogP contribution in [0, 0.1) is 0 Å². The first kappa shape index (κ1) is 25.4. The lowest BCUT2D eigenvalue weighted by molar-refractivity contribution is 0.414. The third-order valence-electron chi connectivity index (χ3n) is 6.60. The van der Waals surface area contributed by atoms with E-state index in [1.807, 2.05) is 12.1 Å². The maximum Gasteiger partial charge on any atom is 0.150 e. The van der Waals surface area contributed by atoms with E-state index in [0.717, 1.165) is 18.2 Å². The molecule has 0 amide bonds. The molecule has 2 nitrogen and oxygen atoms in total. The van der Waals surface area contributed by atoms with Crippen molar-refractivity contribution in [1.82, 2.24) is 5.09 Å². The zero-order chi connectivity index (χ0) is 25.3. The van der Waals surface area contributed by atoms with Gasteiger partial charge in [0.05, 0.1) is 13.7 Å². The Labute approximate surface area is 222 Å². The molecule has 5 rings (SSSR count). The van der Waals surface area contributed by atoms with Crippen molar-refractivity contribution in [2.45, 2.75) is 6.54 Å². The molecule has 0 aliphatic carbocycles. The second kappa shape index (κ2) is 12.3. The molecule has 0 unspecified atom stereocenters. The molecule has 5 aromatic rings. The van der Waals surface area contributed by atoms with E-state index in [1.54, 1.807) is 7.11 Å². The monoisotopic (exact) mass is 520 g/mol. The molecule has 5 aromatic carbocycles. The van der Waals surface area contributed by atoms with Gasteiger partial charge in [-0.15, -0.1) is 0 Å². The van der Waals surface area contributed by atoms with Gasteiger partial charge >= 0.3 is 0 Å². The quantitative estimate of drug-likeness (QED) is 0.214. The molecule has 0 heterocycles. The molecule has 0 atom stereocenters.